The highest BCUT2D eigenvalue weighted by Gasteiger charge is 2.00. The van der Waals surface area contributed by atoms with Gasteiger partial charge in [-0.3, -0.25) is 0 Å². The predicted octanol–water partition coefficient (Wildman–Crippen LogP) is 8.41. The van der Waals surface area contributed by atoms with Crippen LogP contribution < -0.4 is 0 Å². The van der Waals surface area contributed by atoms with E-state index in [9.17, 15) is 0 Å². The van der Waals surface area contributed by atoms with Crippen molar-refractivity contribution in [3.8, 4) is 0 Å². The van der Waals surface area contributed by atoms with Crippen LogP contribution in [0.1, 0.15) is 107 Å². The molecule has 0 aliphatic rings. The van der Waals surface area contributed by atoms with Gasteiger partial charge in [0, 0.05) is 4.88 Å². The second-order valence-electron chi connectivity index (χ2n) is 6.86. The molecule has 132 valence electrons. The molecule has 0 fully saturated rings. The lowest BCUT2D eigenvalue weighted by Gasteiger charge is -2.03. The zero-order valence-electron chi connectivity index (χ0n) is 15.5. The summed E-state index contributed by atoms with van der Waals surface area (Å²) in [5.74, 6) is 0. The van der Waals surface area contributed by atoms with E-state index in [1.54, 1.807) is 0 Å². The average molecular weight is 335 g/mol. The third-order valence-corrected chi connectivity index (χ3v) is 5.72. The molecule has 0 N–H and O–H groups in total. The first-order valence-electron chi connectivity index (χ1n) is 10.1. The van der Waals surface area contributed by atoms with Gasteiger partial charge in [0.15, 0.2) is 0 Å². The molecule has 0 spiro atoms. The Bertz CT molecular complexity index is 377. The van der Waals surface area contributed by atoms with Crippen LogP contribution in [0.2, 0.25) is 0 Å². The molecule has 23 heavy (non-hydrogen) atoms. The Hall–Kier alpha value is -0.560. The molecule has 0 bridgehead atoms. The second-order valence-corrected chi connectivity index (χ2v) is 7.81. The van der Waals surface area contributed by atoms with E-state index in [0.29, 0.717) is 0 Å². The van der Waals surface area contributed by atoms with Crippen LogP contribution in [-0.2, 0) is 6.42 Å². The van der Waals surface area contributed by atoms with Crippen molar-refractivity contribution in [2.45, 2.75) is 103 Å². The lowest BCUT2D eigenvalue weighted by Crippen LogP contribution is -1.86. The van der Waals surface area contributed by atoms with E-state index < -0.39 is 0 Å². The molecule has 0 saturated heterocycles. The van der Waals surface area contributed by atoms with Crippen LogP contribution in [0.15, 0.2) is 18.0 Å². The van der Waals surface area contributed by atoms with Gasteiger partial charge in [-0.2, -0.15) is 0 Å². The van der Waals surface area contributed by atoms with E-state index in [2.05, 4.69) is 24.9 Å². The van der Waals surface area contributed by atoms with E-state index >= 15 is 0 Å². The van der Waals surface area contributed by atoms with Crippen LogP contribution in [0.4, 0.5) is 0 Å². The maximum absolute atomic E-state index is 3.89. The van der Waals surface area contributed by atoms with E-state index in [0.717, 1.165) is 0 Å². The Morgan fingerprint density at radius 3 is 1.74 bits per heavy atom. The smallest absolute Gasteiger partial charge is 0.0296 e. The van der Waals surface area contributed by atoms with E-state index in [4.69, 9.17) is 0 Å². The van der Waals surface area contributed by atoms with Gasteiger partial charge < -0.3 is 0 Å². The summed E-state index contributed by atoms with van der Waals surface area (Å²) < 4.78 is 0. The molecule has 1 heterocycles. The summed E-state index contributed by atoms with van der Waals surface area (Å²) in [5, 5.41) is 2.19. The Morgan fingerprint density at radius 2 is 1.26 bits per heavy atom. The Labute approximate surface area is 149 Å². The highest BCUT2D eigenvalue weighted by molar-refractivity contribution is 7.11. The van der Waals surface area contributed by atoms with Crippen LogP contribution >= 0.6 is 11.3 Å². The molecule has 0 radical (unpaired) electrons. The van der Waals surface area contributed by atoms with E-state index in [-0.39, 0.29) is 0 Å². The molecule has 1 rings (SSSR count). The molecule has 0 atom stereocenters. The van der Waals surface area contributed by atoms with Gasteiger partial charge in [-0.05, 0) is 29.9 Å². The highest BCUT2D eigenvalue weighted by Crippen LogP contribution is 2.20. The van der Waals surface area contributed by atoms with Gasteiger partial charge in [0.2, 0.25) is 0 Å². The molecular formula is C22H38S. The van der Waals surface area contributed by atoms with Crippen molar-refractivity contribution in [1.82, 2.24) is 0 Å². The first kappa shape index (κ1) is 20.5. The highest BCUT2D eigenvalue weighted by atomic mass is 32.1. The fourth-order valence-corrected chi connectivity index (χ4v) is 4.04. The quantitative estimate of drug-likeness (QED) is 0.266. The van der Waals surface area contributed by atoms with Crippen LogP contribution in [0.5, 0.6) is 0 Å². The van der Waals surface area contributed by atoms with Gasteiger partial charge in [0.25, 0.3) is 0 Å². The minimum Gasteiger partial charge on any atom is -0.144 e. The third kappa shape index (κ3) is 10.8. The summed E-state index contributed by atoms with van der Waals surface area (Å²) in [6.07, 6.45) is 23.3. The summed E-state index contributed by atoms with van der Waals surface area (Å²) in [4.78, 5) is 1.37. The van der Waals surface area contributed by atoms with Gasteiger partial charge >= 0.3 is 0 Å². The molecule has 1 aromatic rings. The molecule has 0 aliphatic heterocycles. The topological polar surface area (TPSA) is 0 Å². The van der Waals surface area contributed by atoms with Crippen molar-refractivity contribution in [3.63, 3.8) is 0 Å². The monoisotopic (exact) mass is 334 g/mol. The second kappa shape index (κ2) is 15.0. The summed E-state index contributed by atoms with van der Waals surface area (Å²) in [6.45, 7) is 6.18. The number of hydrogen-bond acceptors (Lipinski definition) is 1. The van der Waals surface area contributed by atoms with Crippen molar-refractivity contribution in [2.24, 2.45) is 0 Å². The van der Waals surface area contributed by atoms with Gasteiger partial charge in [0.1, 0.15) is 0 Å². The minimum absolute atomic E-state index is 1.24. The largest absolute Gasteiger partial charge is 0.144 e. The van der Waals surface area contributed by atoms with Gasteiger partial charge in [-0.25, -0.2) is 0 Å². The van der Waals surface area contributed by atoms with Crippen molar-refractivity contribution >= 4 is 17.4 Å². The molecule has 0 aliphatic carbocycles. The number of unbranched alkanes of at least 4 members (excludes halogenated alkanes) is 13. The minimum atomic E-state index is 1.24. The first-order valence-corrected chi connectivity index (χ1v) is 10.9. The normalized spacial score (nSPS) is 11.0. The molecule has 0 aromatic carbocycles. The van der Waals surface area contributed by atoms with E-state index in [1.165, 1.54) is 107 Å². The molecule has 1 heteroatoms. The van der Waals surface area contributed by atoms with Crippen molar-refractivity contribution < 1.29 is 0 Å². The Morgan fingerprint density at radius 1 is 0.783 bits per heavy atom. The summed E-state index contributed by atoms with van der Waals surface area (Å²) >= 11 is 1.82. The van der Waals surface area contributed by atoms with Gasteiger partial charge in [0.05, 0.1) is 0 Å². The molecule has 0 nitrogen and oxygen atoms in total. The van der Waals surface area contributed by atoms with Crippen molar-refractivity contribution in [2.75, 3.05) is 0 Å². The van der Waals surface area contributed by atoms with Crippen LogP contribution in [0.3, 0.4) is 0 Å². The van der Waals surface area contributed by atoms with Crippen LogP contribution in [-0.4, -0.2) is 0 Å². The molecular weight excluding hydrogens is 296 g/mol. The lowest BCUT2D eigenvalue weighted by molar-refractivity contribution is 0.535. The number of aryl methyl sites for hydroxylation is 1. The molecule has 0 saturated carbocycles. The zero-order chi connectivity index (χ0) is 16.6. The number of hydrogen-bond donors (Lipinski definition) is 0. The predicted molar refractivity (Wildman–Crippen MR) is 108 cm³/mol. The SMILES string of the molecule is C=Cc1sccc1CCCCCCCCCCCCCCCC. The Balaban J connectivity index is 1.79. The standard InChI is InChI=1S/C22H38S/c1-3-5-6-7-8-9-10-11-12-13-14-15-16-17-18-21-19-20-23-22(21)4-2/h4,19-20H,2-3,5-18H2,1H3. The van der Waals surface area contributed by atoms with E-state index in [1.807, 2.05) is 17.4 Å². The number of thiophene rings is 1. The van der Waals surface area contributed by atoms with Crippen LogP contribution in [0.25, 0.3) is 6.08 Å². The molecule has 0 unspecified atom stereocenters. The zero-order valence-corrected chi connectivity index (χ0v) is 16.3. The first-order chi connectivity index (χ1) is 11.4. The van der Waals surface area contributed by atoms with Crippen molar-refractivity contribution in [3.05, 3.63) is 28.5 Å². The maximum atomic E-state index is 3.89. The molecule has 1 aromatic heterocycles. The summed E-state index contributed by atoms with van der Waals surface area (Å²) in [5.41, 5.74) is 1.50. The molecule has 0 amide bonds. The van der Waals surface area contributed by atoms with Crippen LogP contribution in [0, 0.1) is 0 Å². The van der Waals surface area contributed by atoms with Gasteiger partial charge in [-0.1, -0.05) is 103 Å². The summed E-state index contributed by atoms with van der Waals surface area (Å²) in [7, 11) is 0. The lowest BCUT2D eigenvalue weighted by atomic mass is 10.0. The maximum Gasteiger partial charge on any atom is 0.0296 e. The van der Waals surface area contributed by atoms with Crippen molar-refractivity contribution in [1.29, 1.82) is 0 Å². The third-order valence-electron chi connectivity index (χ3n) is 4.77. The Kier molecular flexibility index (Phi) is 13.4. The fourth-order valence-electron chi connectivity index (χ4n) is 3.24. The van der Waals surface area contributed by atoms with Gasteiger partial charge in [-0.15, -0.1) is 11.3 Å². The number of rotatable bonds is 16. The average Bonchev–Trinajstić information content (AvgIpc) is 3.02. The fraction of sp³-hybridized carbons (Fsp3) is 0.727. The summed E-state index contributed by atoms with van der Waals surface area (Å²) in [6, 6.07) is 2.27.